The average Bonchev–Trinajstić information content (AvgIpc) is 2.93. The largest absolute Gasteiger partial charge is 0.379 e. The minimum atomic E-state index is 0.122. The van der Waals surface area contributed by atoms with Crippen LogP contribution in [0.1, 0.15) is 40.0 Å². The van der Waals surface area contributed by atoms with Crippen LogP contribution in [0.4, 0.5) is 0 Å². The van der Waals surface area contributed by atoms with Crippen LogP contribution < -0.4 is 0 Å². The van der Waals surface area contributed by atoms with Crippen LogP contribution in [0.15, 0.2) is 36.8 Å². The number of carbonyl (C=O) groups excluding carboxylic acids is 1. The average molecular weight is 351 g/mol. The summed E-state index contributed by atoms with van der Waals surface area (Å²) in [5, 5.41) is 0. The first-order chi connectivity index (χ1) is 12.8. The van der Waals surface area contributed by atoms with Crippen LogP contribution in [0, 0.1) is 5.92 Å². The molecule has 2 aromatic rings. The van der Waals surface area contributed by atoms with Crippen molar-refractivity contribution in [2.45, 2.75) is 32.1 Å². The zero-order valence-electron chi connectivity index (χ0n) is 15.1. The van der Waals surface area contributed by atoms with Crippen molar-refractivity contribution in [1.82, 2.24) is 14.9 Å². The zero-order chi connectivity index (χ0) is 17.8. The fraction of sp³-hybridized carbons (Fsp3) is 0.476. The van der Waals surface area contributed by atoms with E-state index in [4.69, 9.17) is 4.74 Å². The number of amides is 1. The molecule has 2 heterocycles. The molecule has 136 valence electrons. The van der Waals surface area contributed by atoms with Gasteiger partial charge in [-0.15, -0.1) is 0 Å². The standard InChI is InChI=1S/C21H25N3O2/c25-21(19-6-5-17-3-1-2-4-18(17)12-19)24-9-10-26-14-16(13-24)11-20-7-8-22-15-23-20/h5-8,12,15-16H,1-4,9-11,13-14H2/t16-/m0/s1. The van der Waals surface area contributed by atoms with Gasteiger partial charge in [0.1, 0.15) is 6.33 Å². The van der Waals surface area contributed by atoms with E-state index in [0.29, 0.717) is 26.3 Å². The molecule has 5 nitrogen and oxygen atoms in total. The summed E-state index contributed by atoms with van der Waals surface area (Å²) in [6, 6.07) is 8.19. The van der Waals surface area contributed by atoms with Gasteiger partial charge in [-0.25, -0.2) is 9.97 Å². The summed E-state index contributed by atoms with van der Waals surface area (Å²) in [7, 11) is 0. The molecule has 1 saturated heterocycles. The van der Waals surface area contributed by atoms with Gasteiger partial charge in [0, 0.05) is 36.5 Å². The molecule has 26 heavy (non-hydrogen) atoms. The van der Waals surface area contributed by atoms with E-state index in [1.165, 1.54) is 24.0 Å². The fourth-order valence-corrected chi connectivity index (χ4v) is 3.97. The number of aryl methyl sites for hydroxylation is 2. The van der Waals surface area contributed by atoms with Gasteiger partial charge >= 0.3 is 0 Å². The quantitative estimate of drug-likeness (QED) is 0.853. The molecule has 0 spiro atoms. The topological polar surface area (TPSA) is 55.3 Å². The van der Waals surface area contributed by atoms with Gasteiger partial charge in [0.2, 0.25) is 0 Å². The van der Waals surface area contributed by atoms with Crippen molar-refractivity contribution in [2.24, 2.45) is 5.92 Å². The van der Waals surface area contributed by atoms with Gasteiger partial charge in [0.25, 0.3) is 5.91 Å². The van der Waals surface area contributed by atoms with E-state index in [2.05, 4.69) is 22.1 Å². The van der Waals surface area contributed by atoms with Gasteiger partial charge in [0.05, 0.1) is 13.2 Å². The number of benzene rings is 1. The number of hydrogen-bond acceptors (Lipinski definition) is 4. The van der Waals surface area contributed by atoms with Crippen molar-refractivity contribution < 1.29 is 9.53 Å². The van der Waals surface area contributed by atoms with E-state index in [0.717, 1.165) is 30.5 Å². The van der Waals surface area contributed by atoms with Crippen LogP contribution in [-0.4, -0.2) is 47.1 Å². The van der Waals surface area contributed by atoms with Crippen LogP contribution in [0.3, 0.4) is 0 Å². The Bertz CT molecular complexity index is 763. The van der Waals surface area contributed by atoms with Crippen molar-refractivity contribution in [3.8, 4) is 0 Å². The van der Waals surface area contributed by atoms with Crippen LogP contribution in [0.2, 0.25) is 0 Å². The molecule has 1 fully saturated rings. The molecule has 2 aliphatic rings. The molecule has 0 N–H and O–H groups in total. The Balaban J connectivity index is 1.47. The maximum absolute atomic E-state index is 13.1. The van der Waals surface area contributed by atoms with Gasteiger partial charge in [-0.1, -0.05) is 6.07 Å². The number of nitrogens with zero attached hydrogens (tertiary/aromatic N) is 3. The molecule has 1 aromatic carbocycles. The number of aromatic nitrogens is 2. The Kier molecular flexibility index (Phi) is 5.25. The normalized spacial score (nSPS) is 20.3. The van der Waals surface area contributed by atoms with Crippen LogP contribution in [0.5, 0.6) is 0 Å². The Hall–Kier alpha value is -2.27. The highest BCUT2D eigenvalue weighted by molar-refractivity contribution is 5.94. The SMILES string of the molecule is O=C(c1ccc2c(c1)CCCC2)N1CCOC[C@@H](Cc2ccncn2)C1. The fourth-order valence-electron chi connectivity index (χ4n) is 3.97. The molecule has 1 aromatic heterocycles. The van der Waals surface area contributed by atoms with Crippen molar-refractivity contribution >= 4 is 5.91 Å². The highest BCUT2D eigenvalue weighted by Gasteiger charge is 2.24. The molecule has 5 heteroatoms. The highest BCUT2D eigenvalue weighted by Crippen LogP contribution is 2.23. The molecule has 0 unspecified atom stereocenters. The maximum Gasteiger partial charge on any atom is 0.253 e. The molecule has 0 saturated carbocycles. The Morgan fingerprint density at radius 2 is 2.08 bits per heavy atom. The summed E-state index contributed by atoms with van der Waals surface area (Å²) < 4.78 is 5.75. The van der Waals surface area contributed by atoms with Crippen LogP contribution in [0.25, 0.3) is 0 Å². The number of ether oxygens (including phenoxy) is 1. The third-order valence-electron chi connectivity index (χ3n) is 5.36. The molecule has 4 rings (SSSR count). The Morgan fingerprint density at radius 1 is 1.19 bits per heavy atom. The van der Waals surface area contributed by atoms with Gasteiger partial charge in [-0.05, 0) is 61.4 Å². The predicted octanol–water partition coefficient (Wildman–Crippen LogP) is 2.69. The smallest absolute Gasteiger partial charge is 0.253 e. The molecule has 1 amide bonds. The molecular weight excluding hydrogens is 326 g/mol. The van der Waals surface area contributed by atoms with Gasteiger partial charge in [-0.2, -0.15) is 0 Å². The maximum atomic E-state index is 13.1. The lowest BCUT2D eigenvalue weighted by atomic mass is 9.90. The number of rotatable bonds is 3. The van der Waals surface area contributed by atoms with E-state index in [-0.39, 0.29) is 11.8 Å². The predicted molar refractivity (Wildman–Crippen MR) is 99.0 cm³/mol. The summed E-state index contributed by atoms with van der Waals surface area (Å²) in [5.74, 6) is 0.380. The third kappa shape index (κ3) is 3.93. The van der Waals surface area contributed by atoms with Gasteiger partial charge < -0.3 is 9.64 Å². The highest BCUT2D eigenvalue weighted by atomic mass is 16.5. The first kappa shape index (κ1) is 17.2. The Morgan fingerprint density at radius 3 is 2.92 bits per heavy atom. The zero-order valence-corrected chi connectivity index (χ0v) is 15.1. The summed E-state index contributed by atoms with van der Waals surface area (Å²) in [6.45, 7) is 2.62. The summed E-state index contributed by atoms with van der Waals surface area (Å²) in [6.07, 6.45) is 8.85. The molecule has 1 aliphatic heterocycles. The second kappa shape index (κ2) is 7.96. The number of hydrogen-bond donors (Lipinski definition) is 0. The minimum Gasteiger partial charge on any atom is -0.379 e. The molecule has 1 atom stereocenters. The van der Waals surface area contributed by atoms with E-state index in [1.54, 1.807) is 12.5 Å². The lowest BCUT2D eigenvalue weighted by Crippen LogP contribution is -2.36. The summed E-state index contributed by atoms with van der Waals surface area (Å²) in [5.41, 5.74) is 4.57. The van der Waals surface area contributed by atoms with E-state index in [9.17, 15) is 4.79 Å². The van der Waals surface area contributed by atoms with E-state index < -0.39 is 0 Å². The third-order valence-corrected chi connectivity index (χ3v) is 5.36. The Labute approximate surface area is 154 Å². The molecule has 1 aliphatic carbocycles. The second-order valence-corrected chi connectivity index (χ2v) is 7.29. The van der Waals surface area contributed by atoms with Crippen molar-refractivity contribution in [3.63, 3.8) is 0 Å². The lowest BCUT2D eigenvalue weighted by molar-refractivity contribution is 0.0737. The summed E-state index contributed by atoms with van der Waals surface area (Å²) >= 11 is 0. The second-order valence-electron chi connectivity index (χ2n) is 7.29. The first-order valence-corrected chi connectivity index (χ1v) is 9.53. The lowest BCUT2D eigenvalue weighted by Gasteiger charge is -2.24. The van der Waals surface area contributed by atoms with Crippen molar-refractivity contribution in [3.05, 3.63) is 59.2 Å². The first-order valence-electron chi connectivity index (χ1n) is 9.53. The minimum absolute atomic E-state index is 0.122. The van der Waals surface area contributed by atoms with Gasteiger partial charge in [-0.3, -0.25) is 4.79 Å². The van der Waals surface area contributed by atoms with E-state index >= 15 is 0 Å². The van der Waals surface area contributed by atoms with Gasteiger partial charge in [0.15, 0.2) is 0 Å². The number of carbonyl (C=O) groups is 1. The molecular formula is C21H25N3O2. The van der Waals surface area contributed by atoms with Crippen molar-refractivity contribution in [2.75, 3.05) is 26.3 Å². The van der Waals surface area contributed by atoms with Crippen LogP contribution in [-0.2, 0) is 24.0 Å². The monoisotopic (exact) mass is 351 g/mol. The molecule has 0 radical (unpaired) electrons. The van der Waals surface area contributed by atoms with Crippen molar-refractivity contribution in [1.29, 1.82) is 0 Å². The number of fused-ring (bicyclic) bond motifs is 1. The summed E-state index contributed by atoms with van der Waals surface area (Å²) in [4.78, 5) is 23.3. The van der Waals surface area contributed by atoms with Crippen LogP contribution >= 0.6 is 0 Å². The molecule has 0 bridgehead atoms. The van der Waals surface area contributed by atoms with E-state index in [1.807, 2.05) is 17.0 Å².